The van der Waals surface area contributed by atoms with Crippen LogP contribution < -0.4 is 5.32 Å². The summed E-state index contributed by atoms with van der Waals surface area (Å²) in [5, 5.41) is 12.5. The van der Waals surface area contributed by atoms with Crippen molar-refractivity contribution in [3.8, 4) is 5.75 Å². The molecule has 100 valence electrons. The molecule has 0 aliphatic heterocycles. The Balaban J connectivity index is 2.15. The van der Waals surface area contributed by atoms with Gasteiger partial charge in [-0.1, -0.05) is 23.2 Å². The van der Waals surface area contributed by atoms with Gasteiger partial charge in [0.15, 0.2) is 0 Å². The van der Waals surface area contributed by atoms with Crippen molar-refractivity contribution in [3.63, 3.8) is 0 Å². The lowest BCUT2D eigenvalue weighted by Gasteiger charge is -2.13. The van der Waals surface area contributed by atoms with E-state index in [4.69, 9.17) is 23.2 Å². The van der Waals surface area contributed by atoms with E-state index in [1.807, 2.05) is 13.0 Å². The number of carbonyl (C=O) groups is 1. The molecule has 0 bridgehead atoms. The second-order valence-corrected chi connectivity index (χ2v) is 6.16. The van der Waals surface area contributed by atoms with Gasteiger partial charge in [0.1, 0.15) is 5.75 Å². The van der Waals surface area contributed by atoms with E-state index in [1.54, 1.807) is 6.07 Å². The van der Waals surface area contributed by atoms with Crippen molar-refractivity contribution in [2.24, 2.45) is 0 Å². The molecule has 19 heavy (non-hydrogen) atoms. The Morgan fingerprint density at radius 2 is 2.05 bits per heavy atom. The van der Waals surface area contributed by atoms with Gasteiger partial charge in [0.2, 0.25) is 0 Å². The number of hydrogen-bond donors (Lipinski definition) is 2. The third-order valence-electron chi connectivity index (χ3n) is 2.56. The standard InChI is InChI=1S/C13H11Cl2NO2S/c1-7(11-4-5-12(15)19-11)16-13(18)9-6-8(17)2-3-10(9)14/h2-7,17H,1H3,(H,16,18). The first-order valence-corrected chi connectivity index (χ1v) is 7.09. The van der Waals surface area contributed by atoms with E-state index in [1.165, 1.54) is 29.5 Å². The van der Waals surface area contributed by atoms with Crippen LogP contribution in [0, 0.1) is 0 Å². The molecule has 0 aliphatic rings. The van der Waals surface area contributed by atoms with Crippen molar-refractivity contribution in [3.05, 3.63) is 50.1 Å². The fraction of sp³-hybridized carbons (Fsp3) is 0.154. The molecule has 1 aromatic heterocycles. The molecule has 0 fully saturated rings. The lowest BCUT2D eigenvalue weighted by molar-refractivity contribution is 0.0940. The van der Waals surface area contributed by atoms with Gasteiger partial charge < -0.3 is 10.4 Å². The lowest BCUT2D eigenvalue weighted by Crippen LogP contribution is -2.26. The molecule has 1 aromatic carbocycles. The summed E-state index contributed by atoms with van der Waals surface area (Å²) in [7, 11) is 0. The van der Waals surface area contributed by atoms with Crippen molar-refractivity contribution in [2.45, 2.75) is 13.0 Å². The van der Waals surface area contributed by atoms with Gasteiger partial charge in [-0.3, -0.25) is 4.79 Å². The Morgan fingerprint density at radius 3 is 2.68 bits per heavy atom. The SMILES string of the molecule is CC(NC(=O)c1cc(O)ccc1Cl)c1ccc(Cl)s1. The molecule has 2 rings (SSSR count). The first-order chi connectivity index (χ1) is 8.97. The summed E-state index contributed by atoms with van der Waals surface area (Å²) in [6.07, 6.45) is 0. The summed E-state index contributed by atoms with van der Waals surface area (Å²) in [5.74, 6) is -0.334. The van der Waals surface area contributed by atoms with E-state index in [0.29, 0.717) is 9.36 Å². The van der Waals surface area contributed by atoms with Crippen molar-refractivity contribution in [1.82, 2.24) is 5.32 Å². The predicted octanol–water partition coefficient (Wildman–Crippen LogP) is 4.25. The molecule has 0 radical (unpaired) electrons. The van der Waals surface area contributed by atoms with Crippen LogP contribution in [0.5, 0.6) is 5.75 Å². The summed E-state index contributed by atoms with van der Waals surface area (Å²) < 4.78 is 0.673. The number of benzene rings is 1. The van der Waals surface area contributed by atoms with Crippen LogP contribution in [0.2, 0.25) is 9.36 Å². The number of hydrogen-bond acceptors (Lipinski definition) is 3. The predicted molar refractivity (Wildman–Crippen MR) is 78.3 cm³/mol. The fourth-order valence-corrected chi connectivity index (χ4v) is 2.86. The van der Waals surface area contributed by atoms with Crippen LogP contribution in [0.4, 0.5) is 0 Å². The number of amides is 1. The quantitative estimate of drug-likeness (QED) is 0.889. The molecule has 6 heteroatoms. The second-order valence-electron chi connectivity index (χ2n) is 4.00. The highest BCUT2D eigenvalue weighted by molar-refractivity contribution is 7.16. The number of halogens is 2. The summed E-state index contributed by atoms with van der Waals surface area (Å²) in [4.78, 5) is 13.0. The topological polar surface area (TPSA) is 49.3 Å². The van der Waals surface area contributed by atoms with Gasteiger partial charge in [-0.15, -0.1) is 11.3 Å². The van der Waals surface area contributed by atoms with Gasteiger partial charge in [0, 0.05) is 4.88 Å². The van der Waals surface area contributed by atoms with Gasteiger partial charge in [0.25, 0.3) is 5.91 Å². The van der Waals surface area contributed by atoms with Crippen LogP contribution >= 0.6 is 34.5 Å². The zero-order valence-electron chi connectivity index (χ0n) is 9.98. The highest BCUT2D eigenvalue weighted by Crippen LogP contribution is 2.27. The van der Waals surface area contributed by atoms with E-state index in [0.717, 1.165) is 4.88 Å². The minimum atomic E-state index is -0.335. The molecule has 3 nitrogen and oxygen atoms in total. The van der Waals surface area contributed by atoms with Gasteiger partial charge in [-0.05, 0) is 37.3 Å². The minimum Gasteiger partial charge on any atom is -0.508 e. The van der Waals surface area contributed by atoms with Crippen LogP contribution in [0.25, 0.3) is 0 Å². The van der Waals surface area contributed by atoms with E-state index in [2.05, 4.69) is 5.32 Å². The average Bonchev–Trinajstić information content (AvgIpc) is 2.79. The van der Waals surface area contributed by atoms with Crippen molar-refractivity contribution >= 4 is 40.4 Å². The van der Waals surface area contributed by atoms with Gasteiger partial charge in [-0.25, -0.2) is 0 Å². The van der Waals surface area contributed by atoms with Crippen molar-refractivity contribution in [1.29, 1.82) is 0 Å². The number of thiophene rings is 1. The first kappa shape index (κ1) is 14.2. The maximum Gasteiger partial charge on any atom is 0.253 e. The maximum atomic E-state index is 12.1. The molecular weight excluding hydrogens is 305 g/mol. The molecule has 1 amide bonds. The molecule has 0 saturated heterocycles. The van der Waals surface area contributed by atoms with Crippen LogP contribution in [0.1, 0.15) is 28.2 Å². The molecule has 0 saturated carbocycles. The highest BCUT2D eigenvalue weighted by atomic mass is 35.5. The van der Waals surface area contributed by atoms with Crippen molar-refractivity contribution < 1.29 is 9.90 Å². The molecule has 0 spiro atoms. The Bertz CT molecular complexity index is 612. The normalized spacial score (nSPS) is 12.2. The third-order valence-corrected chi connectivity index (χ3v) is 4.31. The Kier molecular flexibility index (Phi) is 4.34. The van der Waals surface area contributed by atoms with Crippen LogP contribution in [-0.2, 0) is 0 Å². The van der Waals surface area contributed by atoms with E-state index < -0.39 is 0 Å². The number of phenols is 1. The average molecular weight is 316 g/mol. The van der Waals surface area contributed by atoms with Gasteiger partial charge in [0.05, 0.1) is 21.0 Å². The first-order valence-electron chi connectivity index (χ1n) is 5.52. The zero-order chi connectivity index (χ0) is 14.0. The Labute approximate surface area is 124 Å². The van der Waals surface area contributed by atoms with Crippen molar-refractivity contribution in [2.75, 3.05) is 0 Å². The summed E-state index contributed by atoms with van der Waals surface area (Å²) in [6.45, 7) is 1.86. The largest absolute Gasteiger partial charge is 0.508 e. The zero-order valence-corrected chi connectivity index (χ0v) is 12.3. The third kappa shape index (κ3) is 3.41. The number of aromatic hydroxyl groups is 1. The van der Waals surface area contributed by atoms with Crippen LogP contribution in [-0.4, -0.2) is 11.0 Å². The summed E-state index contributed by atoms with van der Waals surface area (Å²) in [5.41, 5.74) is 0.246. The van der Waals surface area contributed by atoms with E-state index >= 15 is 0 Å². The number of carbonyl (C=O) groups excluding carboxylic acids is 1. The van der Waals surface area contributed by atoms with Gasteiger partial charge in [-0.2, -0.15) is 0 Å². The Morgan fingerprint density at radius 1 is 1.32 bits per heavy atom. The second kappa shape index (κ2) is 5.82. The molecular formula is C13H11Cl2NO2S. The van der Waals surface area contributed by atoms with Gasteiger partial charge >= 0.3 is 0 Å². The molecule has 0 aliphatic carbocycles. The Hall–Kier alpha value is -1.23. The summed E-state index contributed by atoms with van der Waals surface area (Å²) in [6, 6.07) is 7.72. The maximum absolute atomic E-state index is 12.1. The molecule has 2 N–H and O–H groups in total. The molecule has 1 unspecified atom stereocenters. The molecule has 1 atom stereocenters. The number of rotatable bonds is 3. The highest BCUT2D eigenvalue weighted by Gasteiger charge is 2.16. The monoisotopic (exact) mass is 315 g/mol. The lowest BCUT2D eigenvalue weighted by atomic mass is 10.2. The van der Waals surface area contributed by atoms with Crippen LogP contribution in [0.3, 0.4) is 0 Å². The van der Waals surface area contributed by atoms with E-state index in [9.17, 15) is 9.90 Å². The fourth-order valence-electron chi connectivity index (χ4n) is 1.59. The van der Waals surface area contributed by atoms with E-state index in [-0.39, 0.29) is 23.3 Å². The smallest absolute Gasteiger partial charge is 0.253 e. The van der Waals surface area contributed by atoms with Crippen LogP contribution in [0.15, 0.2) is 30.3 Å². The molecule has 1 heterocycles. The number of phenolic OH excluding ortho intramolecular Hbond substituents is 1. The summed E-state index contributed by atoms with van der Waals surface area (Å²) >= 11 is 13.2. The minimum absolute atomic E-state index is 0.00127. The number of nitrogens with one attached hydrogen (secondary N) is 1. The molecule has 2 aromatic rings.